The Morgan fingerprint density at radius 3 is 2.33 bits per heavy atom. The summed E-state index contributed by atoms with van der Waals surface area (Å²) in [6, 6.07) is 0. The van der Waals surface area contributed by atoms with Gasteiger partial charge < -0.3 is 0 Å². The molecule has 2 heteroatoms. The van der Waals surface area contributed by atoms with E-state index in [4.69, 9.17) is 0 Å². The van der Waals surface area contributed by atoms with Crippen molar-refractivity contribution in [2.45, 2.75) is 39.4 Å². The summed E-state index contributed by atoms with van der Waals surface area (Å²) in [5, 5.41) is 0.0671. The molecule has 0 radical (unpaired) electrons. The molecule has 0 aliphatic carbocycles. The summed E-state index contributed by atoms with van der Waals surface area (Å²) in [5.41, 5.74) is 0. The van der Waals surface area contributed by atoms with Crippen LogP contribution >= 0.6 is 11.8 Å². The second-order valence-corrected chi connectivity index (χ2v) is 4.81. The van der Waals surface area contributed by atoms with E-state index < -0.39 is 0 Å². The zero-order chi connectivity index (χ0) is 9.72. The van der Waals surface area contributed by atoms with Crippen LogP contribution in [0.5, 0.6) is 0 Å². The van der Waals surface area contributed by atoms with E-state index in [9.17, 15) is 4.79 Å². The molecule has 12 heavy (non-hydrogen) atoms. The summed E-state index contributed by atoms with van der Waals surface area (Å²) in [5.74, 6) is 0.525. The first-order valence-electron chi connectivity index (χ1n) is 4.34. The highest BCUT2D eigenvalue weighted by molar-refractivity contribution is 8.04. The predicted molar refractivity (Wildman–Crippen MR) is 56.3 cm³/mol. The molecule has 0 saturated carbocycles. The van der Waals surface area contributed by atoms with Crippen LogP contribution < -0.4 is 0 Å². The van der Waals surface area contributed by atoms with Crippen LogP contribution in [0.3, 0.4) is 0 Å². The van der Waals surface area contributed by atoms with Gasteiger partial charge in [-0.25, -0.2) is 0 Å². The van der Waals surface area contributed by atoms with Crippen molar-refractivity contribution in [1.82, 2.24) is 0 Å². The van der Waals surface area contributed by atoms with E-state index in [1.54, 1.807) is 11.8 Å². The van der Waals surface area contributed by atoms with E-state index in [-0.39, 0.29) is 11.2 Å². The van der Waals surface area contributed by atoms with Gasteiger partial charge in [-0.15, -0.1) is 11.8 Å². The number of carbonyl (C=O) groups excluding carboxylic acids is 1. The Labute approximate surface area is 79.6 Å². The molecule has 0 rings (SSSR count). The van der Waals surface area contributed by atoms with E-state index >= 15 is 0 Å². The highest BCUT2D eigenvalue weighted by Gasteiger charge is 2.18. The van der Waals surface area contributed by atoms with E-state index in [1.807, 2.05) is 27.7 Å². The van der Waals surface area contributed by atoms with Crippen LogP contribution in [0, 0.1) is 5.92 Å². The number of rotatable bonds is 5. The number of allylic oxidation sites excluding steroid dienone is 1. The first kappa shape index (κ1) is 11.8. The molecule has 0 saturated heterocycles. The average Bonchev–Trinajstić information content (AvgIpc) is 2.00. The molecule has 70 valence electrons. The smallest absolute Gasteiger partial charge is 0.148 e. The standard InChI is InChI=1S/C10H18OS/c1-6-8(4)10(11)9(5)12-7(2)3/h8-9H,2,6H2,1,3-5H3. The van der Waals surface area contributed by atoms with Gasteiger partial charge in [0.05, 0.1) is 5.25 Å². The fraction of sp³-hybridized carbons (Fsp3) is 0.700. The Morgan fingerprint density at radius 2 is 2.00 bits per heavy atom. The zero-order valence-electron chi connectivity index (χ0n) is 8.39. The van der Waals surface area contributed by atoms with Crippen molar-refractivity contribution in [3.63, 3.8) is 0 Å². The Kier molecular flexibility index (Phi) is 5.31. The molecular weight excluding hydrogens is 168 g/mol. The molecule has 0 N–H and O–H groups in total. The molecular formula is C10H18OS. The lowest BCUT2D eigenvalue weighted by Crippen LogP contribution is -2.20. The maximum atomic E-state index is 11.5. The number of thioether (sulfide) groups is 1. The number of carbonyl (C=O) groups is 1. The maximum absolute atomic E-state index is 11.5. The van der Waals surface area contributed by atoms with Crippen LogP contribution in [0.25, 0.3) is 0 Å². The molecule has 0 aromatic heterocycles. The van der Waals surface area contributed by atoms with Crippen molar-refractivity contribution in [3.8, 4) is 0 Å². The molecule has 0 bridgehead atoms. The molecule has 1 nitrogen and oxygen atoms in total. The Bertz CT molecular complexity index is 175. The first-order valence-corrected chi connectivity index (χ1v) is 5.22. The van der Waals surface area contributed by atoms with Gasteiger partial charge in [0.1, 0.15) is 5.78 Å². The van der Waals surface area contributed by atoms with E-state index in [0.717, 1.165) is 11.3 Å². The Hall–Kier alpha value is -0.240. The van der Waals surface area contributed by atoms with E-state index in [1.165, 1.54) is 0 Å². The van der Waals surface area contributed by atoms with Gasteiger partial charge in [-0.3, -0.25) is 4.79 Å². The lowest BCUT2D eigenvalue weighted by atomic mass is 10.0. The molecule has 2 unspecified atom stereocenters. The topological polar surface area (TPSA) is 17.1 Å². The summed E-state index contributed by atoms with van der Waals surface area (Å²) in [6.07, 6.45) is 0.930. The molecule has 0 fully saturated rings. The van der Waals surface area contributed by atoms with Crippen molar-refractivity contribution in [2.75, 3.05) is 0 Å². The lowest BCUT2D eigenvalue weighted by Gasteiger charge is -2.13. The normalized spacial score (nSPS) is 15.3. The van der Waals surface area contributed by atoms with Crippen LogP contribution in [-0.4, -0.2) is 11.0 Å². The second kappa shape index (κ2) is 5.41. The monoisotopic (exact) mass is 186 g/mol. The SMILES string of the molecule is C=C(C)SC(C)C(=O)C(C)CC. The minimum atomic E-state index is 0.0671. The number of hydrogen-bond acceptors (Lipinski definition) is 2. The van der Waals surface area contributed by atoms with Crippen molar-refractivity contribution in [3.05, 3.63) is 11.5 Å². The van der Waals surface area contributed by atoms with Gasteiger partial charge in [-0.05, 0) is 25.2 Å². The third-order valence-electron chi connectivity index (χ3n) is 1.88. The Balaban J connectivity index is 4.01. The van der Waals surface area contributed by atoms with Crippen molar-refractivity contribution in [1.29, 1.82) is 0 Å². The van der Waals surface area contributed by atoms with Gasteiger partial charge >= 0.3 is 0 Å². The minimum Gasteiger partial charge on any atom is -0.298 e. The highest BCUT2D eigenvalue weighted by atomic mass is 32.2. The van der Waals surface area contributed by atoms with Crippen molar-refractivity contribution in [2.24, 2.45) is 5.92 Å². The summed E-state index contributed by atoms with van der Waals surface area (Å²) in [4.78, 5) is 12.6. The van der Waals surface area contributed by atoms with Gasteiger partial charge in [0.25, 0.3) is 0 Å². The van der Waals surface area contributed by atoms with Crippen molar-refractivity contribution < 1.29 is 4.79 Å². The van der Waals surface area contributed by atoms with E-state index in [2.05, 4.69) is 6.58 Å². The third kappa shape index (κ3) is 3.96. The highest BCUT2D eigenvalue weighted by Crippen LogP contribution is 2.22. The third-order valence-corrected chi connectivity index (χ3v) is 2.86. The van der Waals surface area contributed by atoms with Crippen LogP contribution in [-0.2, 0) is 4.79 Å². The van der Waals surface area contributed by atoms with Gasteiger partial charge in [0, 0.05) is 5.92 Å². The number of Topliss-reactive ketones (excluding diaryl/α,β-unsaturated/α-hetero) is 1. The Morgan fingerprint density at radius 1 is 1.50 bits per heavy atom. The van der Waals surface area contributed by atoms with Crippen LogP contribution in [0.1, 0.15) is 34.1 Å². The minimum absolute atomic E-state index is 0.0671. The molecule has 0 amide bonds. The van der Waals surface area contributed by atoms with Crippen LogP contribution in [0.15, 0.2) is 11.5 Å². The zero-order valence-corrected chi connectivity index (χ0v) is 9.20. The summed E-state index contributed by atoms with van der Waals surface area (Å²) >= 11 is 1.56. The van der Waals surface area contributed by atoms with Gasteiger partial charge in [-0.1, -0.05) is 20.4 Å². The first-order chi connectivity index (χ1) is 5.49. The van der Waals surface area contributed by atoms with Gasteiger partial charge in [0.15, 0.2) is 0 Å². The molecule has 2 atom stereocenters. The molecule has 0 aromatic carbocycles. The van der Waals surface area contributed by atoms with Crippen molar-refractivity contribution >= 4 is 17.5 Å². The molecule has 0 heterocycles. The number of ketones is 1. The molecule has 0 aliphatic heterocycles. The van der Waals surface area contributed by atoms with Gasteiger partial charge in [0.2, 0.25) is 0 Å². The molecule has 0 aromatic rings. The summed E-state index contributed by atoms with van der Waals surface area (Å²) in [7, 11) is 0. The van der Waals surface area contributed by atoms with Gasteiger partial charge in [-0.2, -0.15) is 0 Å². The second-order valence-electron chi connectivity index (χ2n) is 3.17. The summed E-state index contributed by atoms with van der Waals surface area (Å²) in [6.45, 7) is 11.7. The predicted octanol–water partition coefficient (Wildman–Crippen LogP) is 3.26. The number of hydrogen-bond donors (Lipinski definition) is 0. The molecule has 0 aliphatic rings. The fourth-order valence-electron chi connectivity index (χ4n) is 0.962. The van der Waals surface area contributed by atoms with E-state index in [0.29, 0.717) is 5.78 Å². The largest absolute Gasteiger partial charge is 0.298 e. The molecule has 0 spiro atoms. The fourth-order valence-corrected chi connectivity index (χ4v) is 1.91. The quantitative estimate of drug-likeness (QED) is 0.655. The summed E-state index contributed by atoms with van der Waals surface area (Å²) < 4.78 is 0. The average molecular weight is 186 g/mol. The maximum Gasteiger partial charge on any atom is 0.148 e. The lowest BCUT2D eigenvalue weighted by molar-refractivity contribution is -0.121. The van der Waals surface area contributed by atoms with Crippen LogP contribution in [0.4, 0.5) is 0 Å². The van der Waals surface area contributed by atoms with Crippen LogP contribution in [0.2, 0.25) is 0 Å².